The van der Waals surface area contributed by atoms with Crippen molar-refractivity contribution < 1.29 is 54.1 Å². The summed E-state index contributed by atoms with van der Waals surface area (Å²) in [5, 5.41) is 60.3. The highest BCUT2D eigenvalue weighted by Gasteiger charge is 2.47. The molecule has 0 bridgehead atoms. The van der Waals surface area contributed by atoms with E-state index in [1.165, 1.54) is 10.9 Å². The summed E-state index contributed by atoms with van der Waals surface area (Å²) in [5.41, 5.74) is 0.0366. The molecule has 0 amide bonds. The minimum Gasteiger partial charge on any atom is -0.394 e. The van der Waals surface area contributed by atoms with Crippen LogP contribution in [-0.2, 0) is 18.6 Å². The molecule has 9 atom stereocenters. The van der Waals surface area contributed by atoms with Gasteiger partial charge in [-0.2, -0.15) is 0 Å². The molecule has 178 valence electrons. The maximum Gasteiger partial charge on any atom is 0.433 e. The van der Waals surface area contributed by atoms with Crippen molar-refractivity contribution in [2.45, 2.75) is 49.1 Å². The Balaban J connectivity index is 1.55. The van der Waals surface area contributed by atoms with E-state index in [2.05, 4.69) is 20.0 Å². The molecule has 2 saturated heterocycles. The fourth-order valence-corrected chi connectivity index (χ4v) is 4.42. The first-order valence-corrected chi connectivity index (χ1v) is 11.0. The number of nitrogens with one attached hydrogen (secondary N) is 1. The molecule has 16 nitrogen and oxygen atoms in total. The molecule has 4 rings (SSSR count). The predicted octanol–water partition coefficient (Wildman–Crippen LogP) is -3.59. The van der Waals surface area contributed by atoms with Gasteiger partial charge < -0.3 is 45.0 Å². The summed E-state index contributed by atoms with van der Waals surface area (Å²) in [4.78, 5) is 22.1. The fourth-order valence-electron chi connectivity index (χ4n) is 3.48. The number of hydrogen-bond donors (Lipinski definition) is 8. The third-order valence-electron chi connectivity index (χ3n) is 5.14. The highest BCUT2D eigenvalue weighted by molar-refractivity contribution is 7.54. The van der Waals surface area contributed by atoms with Crippen LogP contribution in [-0.4, -0.2) is 111 Å². The Morgan fingerprint density at radius 3 is 2.28 bits per heavy atom. The zero-order valence-electron chi connectivity index (χ0n) is 16.2. The van der Waals surface area contributed by atoms with Crippen LogP contribution >= 0.6 is 7.75 Å². The van der Waals surface area contributed by atoms with Gasteiger partial charge in [0, 0.05) is 0 Å². The number of fused-ring (bicyclic) bond motifs is 1. The normalized spacial score (nSPS) is 37.1. The Morgan fingerprint density at radius 2 is 1.66 bits per heavy atom. The lowest BCUT2D eigenvalue weighted by Crippen LogP contribution is -2.34. The maximum absolute atomic E-state index is 12.5. The number of hydrogen-bond acceptors (Lipinski definition) is 13. The Kier molecular flexibility index (Phi) is 6.45. The monoisotopic (exact) mass is 479 g/mol. The molecule has 2 aromatic rings. The van der Waals surface area contributed by atoms with Crippen molar-refractivity contribution in [3.8, 4) is 0 Å². The van der Waals surface area contributed by atoms with E-state index in [-0.39, 0.29) is 17.0 Å². The molecule has 8 N–H and O–H groups in total. The number of rotatable bonds is 7. The first kappa shape index (κ1) is 23.3. The standard InChI is InChI=1S/C15H22N5O11P/c21-1-5-8(23)10(25)14(29-5)20-4-18-7-12(16-3-17-13(7)20)19-32(27,28)31-15-11(26)9(24)6(2-22)30-15/h3-6,8-11,14-15,21-26H,1-2H2,(H2,16,17,19,27,28)/t5-,6-,8-,9-,10-,11-,14-,15?/m1/s1. The molecule has 0 radical (unpaired) electrons. The topological polar surface area (TPSA) is 242 Å². The molecular weight excluding hydrogens is 457 g/mol. The van der Waals surface area contributed by atoms with E-state index in [1.807, 2.05) is 0 Å². The van der Waals surface area contributed by atoms with E-state index in [0.717, 1.165) is 6.33 Å². The minimum absolute atomic E-state index is 0.0238. The van der Waals surface area contributed by atoms with Crippen LogP contribution in [0.1, 0.15) is 6.23 Å². The van der Waals surface area contributed by atoms with Crippen LogP contribution in [0, 0.1) is 0 Å². The molecule has 2 aliphatic heterocycles. The molecule has 2 unspecified atom stereocenters. The number of nitrogens with zero attached hydrogens (tertiary/aromatic N) is 4. The van der Waals surface area contributed by atoms with Gasteiger partial charge in [-0.05, 0) is 0 Å². The number of imidazole rings is 1. The number of aromatic nitrogens is 4. The van der Waals surface area contributed by atoms with Crippen molar-refractivity contribution >= 4 is 24.7 Å². The third kappa shape index (κ3) is 4.11. The second-order valence-corrected chi connectivity index (χ2v) is 8.69. The molecular formula is C15H22N5O11P. The molecule has 0 aliphatic carbocycles. The van der Waals surface area contributed by atoms with Crippen LogP contribution in [0.25, 0.3) is 11.2 Å². The van der Waals surface area contributed by atoms with Crippen molar-refractivity contribution in [2.75, 3.05) is 18.3 Å². The molecule has 4 heterocycles. The summed E-state index contributed by atoms with van der Waals surface area (Å²) < 4.78 is 29.1. The highest BCUT2D eigenvalue weighted by atomic mass is 31.2. The summed E-state index contributed by atoms with van der Waals surface area (Å²) in [6, 6.07) is 0. The van der Waals surface area contributed by atoms with E-state index in [0.29, 0.717) is 0 Å². The summed E-state index contributed by atoms with van der Waals surface area (Å²) in [5.74, 6) is -0.252. The van der Waals surface area contributed by atoms with Crippen LogP contribution < -0.4 is 5.09 Å². The summed E-state index contributed by atoms with van der Waals surface area (Å²) in [6.07, 6.45) is -8.85. The third-order valence-corrected chi connectivity index (χ3v) is 6.13. The van der Waals surface area contributed by atoms with Gasteiger partial charge in [0.15, 0.2) is 29.5 Å². The average molecular weight is 479 g/mol. The van der Waals surface area contributed by atoms with Gasteiger partial charge in [-0.3, -0.25) is 14.2 Å². The smallest absolute Gasteiger partial charge is 0.394 e. The van der Waals surface area contributed by atoms with Crippen molar-refractivity contribution in [1.82, 2.24) is 19.5 Å². The van der Waals surface area contributed by atoms with Crippen LogP contribution in [0.2, 0.25) is 0 Å². The molecule has 2 aliphatic rings. The Bertz CT molecular complexity index is 1010. The van der Waals surface area contributed by atoms with Crippen molar-refractivity contribution in [3.05, 3.63) is 12.7 Å². The predicted molar refractivity (Wildman–Crippen MR) is 101 cm³/mol. The number of anilines is 1. The SMILES string of the molecule is O=P(O)(Nc1ncnc2c1ncn2[C@@H]1O[C@H](CO)[C@@H](O)[C@H]1O)OC1O[C@H](CO)[C@@H](O)[C@H]1O. The average Bonchev–Trinajstić information content (AvgIpc) is 3.39. The second kappa shape index (κ2) is 8.85. The summed E-state index contributed by atoms with van der Waals surface area (Å²) in [6.45, 7) is -1.18. The summed E-state index contributed by atoms with van der Waals surface area (Å²) in [7, 11) is -4.74. The number of aliphatic hydroxyl groups excluding tert-OH is 6. The highest BCUT2D eigenvalue weighted by Crippen LogP contribution is 2.46. The van der Waals surface area contributed by atoms with Gasteiger partial charge in [-0.25, -0.2) is 19.5 Å². The van der Waals surface area contributed by atoms with Gasteiger partial charge >= 0.3 is 7.75 Å². The zero-order chi connectivity index (χ0) is 23.2. The molecule has 0 spiro atoms. The molecule has 0 aromatic carbocycles. The van der Waals surface area contributed by atoms with Crippen molar-refractivity contribution in [3.63, 3.8) is 0 Å². The van der Waals surface area contributed by atoms with E-state index >= 15 is 0 Å². The summed E-state index contributed by atoms with van der Waals surface area (Å²) >= 11 is 0. The van der Waals surface area contributed by atoms with Crippen LogP contribution in [0.5, 0.6) is 0 Å². The Hall–Kier alpha value is -1.82. The fraction of sp³-hybridized carbons (Fsp3) is 0.667. The molecule has 0 saturated carbocycles. The minimum atomic E-state index is -4.74. The van der Waals surface area contributed by atoms with Crippen LogP contribution in [0.3, 0.4) is 0 Å². The van der Waals surface area contributed by atoms with Crippen LogP contribution in [0.15, 0.2) is 12.7 Å². The largest absolute Gasteiger partial charge is 0.433 e. The lowest BCUT2D eigenvalue weighted by molar-refractivity contribution is -0.119. The Labute approximate surface area is 179 Å². The molecule has 2 aromatic heterocycles. The lowest BCUT2D eigenvalue weighted by atomic mass is 10.1. The lowest BCUT2D eigenvalue weighted by Gasteiger charge is -2.20. The second-order valence-electron chi connectivity index (χ2n) is 7.22. The van der Waals surface area contributed by atoms with E-state index in [4.69, 9.17) is 19.1 Å². The van der Waals surface area contributed by atoms with Gasteiger partial charge in [-0.1, -0.05) is 0 Å². The quantitative estimate of drug-likeness (QED) is 0.179. The maximum atomic E-state index is 12.5. The van der Waals surface area contributed by atoms with Gasteiger partial charge in [0.25, 0.3) is 0 Å². The van der Waals surface area contributed by atoms with E-state index < -0.39 is 70.1 Å². The van der Waals surface area contributed by atoms with Gasteiger partial charge in [0.1, 0.15) is 43.0 Å². The molecule has 32 heavy (non-hydrogen) atoms. The van der Waals surface area contributed by atoms with Crippen molar-refractivity contribution in [1.29, 1.82) is 0 Å². The Morgan fingerprint density at radius 1 is 1.00 bits per heavy atom. The molecule has 17 heteroatoms. The van der Waals surface area contributed by atoms with Gasteiger partial charge in [0.05, 0.1) is 19.5 Å². The van der Waals surface area contributed by atoms with Gasteiger partial charge in [0.2, 0.25) is 0 Å². The van der Waals surface area contributed by atoms with E-state index in [1.54, 1.807) is 0 Å². The first-order chi connectivity index (χ1) is 15.2. The first-order valence-electron chi connectivity index (χ1n) is 9.38. The van der Waals surface area contributed by atoms with Crippen LogP contribution in [0.4, 0.5) is 5.82 Å². The van der Waals surface area contributed by atoms with Crippen molar-refractivity contribution in [2.24, 2.45) is 0 Å². The molecule has 2 fully saturated rings. The van der Waals surface area contributed by atoms with Gasteiger partial charge in [-0.15, -0.1) is 0 Å². The zero-order valence-corrected chi connectivity index (χ0v) is 17.1. The number of aliphatic hydroxyl groups is 6. The number of ether oxygens (including phenoxy) is 2. The van der Waals surface area contributed by atoms with E-state index in [9.17, 15) is 35.0 Å².